The summed E-state index contributed by atoms with van der Waals surface area (Å²) in [7, 11) is 0. The largest absolute Gasteiger partial charge is 0.350 e. The van der Waals surface area contributed by atoms with E-state index in [9.17, 15) is 14.0 Å². The zero-order chi connectivity index (χ0) is 19.5. The smallest absolute Gasteiger partial charge is 0.276 e. The summed E-state index contributed by atoms with van der Waals surface area (Å²) in [6.45, 7) is 0. The maximum atomic E-state index is 13.8. The van der Waals surface area contributed by atoms with Crippen LogP contribution in [0.2, 0.25) is 5.02 Å². The van der Waals surface area contributed by atoms with Crippen molar-refractivity contribution < 1.29 is 14.0 Å². The van der Waals surface area contributed by atoms with Crippen molar-refractivity contribution in [2.45, 2.75) is 5.66 Å². The second kappa shape index (κ2) is 5.81. The molecule has 1 unspecified atom stereocenters. The lowest BCUT2D eigenvalue weighted by Gasteiger charge is -2.44. The van der Waals surface area contributed by atoms with Crippen molar-refractivity contribution in [2.24, 2.45) is 0 Å². The van der Waals surface area contributed by atoms with Gasteiger partial charge in [-0.05, 0) is 36.4 Å². The minimum atomic E-state index is -1.51. The van der Waals surface area contributed by atoms with Gasteiger partial charge in [0.25, 0.3) is 11.8 Å². The molecule has 0 fully saturated rings. The van der Waals surface area contributed by atoms with E-state index >= 15 is 0 Å². The van der Waals surface area contributed by atoms with Crippen LogP contribution in [0.3, 0.4) is 0 Å². The Hall–Kier alpha value is -3.38. The van der Waals surface area contributed by atoms with Crippen LogP contribution in [0.4, 0.5) is 21.5 Å². The molecular weight excluding hydrogens is 381 g/mol. The average Bonchev–Trinajstić information content (AvgIpc) is 2.97. The molecule has 0 saturated carbocycles. The van der Waals surface area contributed by atoms with Crippen molar-refractivity contribution in [2.75, 3.05) is 15.5 Å². The molecule has 3 aromatic carbocycles. The van der Waals surface area contributed by atoms with Gasteiger partial charge in [-0.25, -0.2) is 4.39 Å². The molecule has 5 nitrogen and oxygen atoms in total. The molecule has 28 heavy (non-hydrogen) atoms. The molecule has 2 aliphatic heterocycles. The van der Waals surface area contributed by atoms with Crippen LogP contribution in [0.1, 0.15) is 15.9 Å². The number of halogens is 2. The van der Waals surface area contributed by atoms with Crippen molar-refractivity contribution >= 4 is 40.5 Å². The molecule has 7 heteroatoms. The highest BCUT2D eigenvalue weighted by Crippen LogP contribution is 2.47. The lowest BCUT2D eigenvalue weighted by molar-refractivity contribution is -0.119. The second-order valence-electron chi connectivity index (χ2n) is 6.62. The molecular formula is C21H13ClFN3O2. The highest BCUT2D eigenvalue weighted by atomic mass is 35.5. The monoisotopic (exact) mass is 393 g/mol. The van der Waals surface area contributed by atoms with Gasteiger partial charge in [-0.3, -0.25) is 14.5 Å². The topological polar surface area (TPSA) is 61.4 Å². The molecule has 0 saturated heterocycles. The van der Waals surface area contributed by atoms with Gasteiger partial charge in [-0.15, -0.1) is 0 Å². The van der Waals surface area contributed by atoms with Crippen LogP contribution >= 0.6 is 11.6 Å². The number of para-hydroxylation sites is 2. The first-order valence-electron chi connectivity index (χ1n) is 8.60. The molecule has 2 aliphatic rings. The fourth-order valence-corrected chi connectivity index (χ4v) is 4.00. The quantitative estimate of drug-likeness (QED) is 0.646. The van der Waals surface area contributed by atoms with Crippen LogP contribution in [0.25, 0.3) is 0 Å². The molecule has 2 heterocycles. The highest BCUT2D eigenvalue weighted by molar-refractivity contribution is 6.31. The van der Waals surface area contributed by atoms with Crippen molar-refractivity contribution in [3.63, 3.8) is 0 Å². The Balaban J connectivity index is 1.82. The number of amides is 2. The summed E-state index contributed by atoms with van der Waals surface area (Å²) in [6, 6.07) is 18.1. The standard InChI is InChI=1S/C21H13ClFN3O2/c22-15-11-12(9-10-16(15)23)26-19(27)13-5-1-3-7-17(13)25-21(26)14-6-2-4-8-18(14)24-20(21)28/h1-11,25H,(H,24,28). The van der Waals surface area contributed by atoms with Gasteiger partial charge in [0.2, 0.25) is 5.66 Å². The molecule has 0 radical (unpaired) electrons. The number of nitrogens with zero attached hydrogens (tertiary/aromatic N) is 1. The molecule has 138 valence electrons. The molecule has 1 spiro atoms. The van der Waals surface area contributed by atoms with Crippen LogP contribution < -0.4 is 15.5 Å². The SMILES string of the molecule is O=C1c2ccccc2NC2(C(=O)Nc3ccccc32)N1c1ccc(F)c(Cl)c1. The van der Waals surface area contributed by atoms with E-state index in [-0.39, 0.29) is 10.9 Å². The van der Waals surface area contributed by atoms with Crippen LogP contribution in [-0.4, -0.2) is 11.8 Å². The number of anilines is 3. The van der Waals surface area contributed by atoms with Crippen molar-refractivity contribution in [3.8, 4) is 0 Å². The van der Waals surface area contributed by atoms with Crippen molar-refractivity contribution in [1.82, 2.24) is 0 Å². The number of hydrogen-bond donors (Lipinski definition) is 2. The summed E-state index contributed by atoms with van der Waals surface area (Å²) in [4.78, 5) is 28.1. The molecule has 0 bridgehead atoms. The van der Waals surface area contributed by atoms with E-state index in [0.717, 1.165) is 0 Å². The number of carbonyl (C=O) groups excluding carboxylic acids is 2. The van der Waals surface area contributed by atoms with Crippen LogP contribution in [0.5, 0.6) is 0 Å². The number of nitrogens with one attached hydrogen (secondary N) is 2. The molecule has 5 rings (SSSR count). The Kier molecular flexibility index (Phi) is 3.48. The first-order chi connectivity index (χ1) is 13.5. The van der Waals surface area contributed by atoms with Gasteiger partial charge in [-0.1, -0.05) is 41.9 Å². The molecule has 0 aliphatic carbocycles. The second-order valence-corrected chi connectivity index (χ2v) is 7.03. The number of hydrogen-bond acceptors (Lipinski definition) is 3. The van der Waals surface area contributed by atoms with Gasteiger partial charge in [0.15, 0.2) is 0 Å². The molecule has 2 amide bonds. The van der Waals surface area contributed by atoms with Crippen molar-refractivity contribution in [1.29, 1.82) is 0 Å². The van der Waals surface area contributed by atoms with Gasteiger partial charge in [0.05, 0.1) is 10.6 Å². The summed E-state index contributed by atoms with van der Waals surface area (Å²) in [5, 5.41) is 5.95. The number of rotatable bonds is 1. The first kappa shape index (κ1) is 16.8. The molecule has 1 atom stereocenters. The van der Waals surface area contributed by atoms with Crippen LogP contribution in [0, 0.1) is 5.82 Å². The van der Waals surface area contributed by atoms with E-state index < -0.39 is 17.4 Å². The summed E-state index contributed by atoms with van der Waals surface area (Å²) >= 11 is 5.98. The number of benzene rings is 3. The third-order valence-corrected chi connectivity index (χ3v) is 5.36. The van der Waals surface area contributed by atoms with E-state index in [2.05, 4.69) is 10.6 Å². The fourth-order valence-electron chi connectivity index (χ4n) is 3.83. The third kappa shape index (κ3) is 2.12. The normalized spacial score (nSPS) is 19.9. The number of fused-ring (bicyclic) bond motifs is 3. The Morgan fingerprint density at radius 2 is 1.64 bits per heavy atom. The van der Waals surface area contributed by atoms with Gasteiger partial charge in [-0.2, -0.15) is 0 Å². The van der Waals surface area contributed by atoms with Crippen LogP contribution in [-0.2, 0) is 10.5 Å². The summed E-state index contributed by atoms with van der Waals surface area (Å²) in [6.07, 6.45) is 0. The lowest BCUT2D eigenvalue weighted by atomic mass is 9.92. The van der Waals surface area contributed by atoms with Gasteiger partial charge >= 0.3 is 0 Å². The van der Waals surface area contributed by atoms with E-state index in [1.165, 1.54) is 23.1 Å². The third-order valence-electron chi connectivity index (χ3n) is 5.07. The Bertz CT molecular complexity index is 1170. The van der Waals surface area contributed by atoms with E-state index in [1.54, 1.807) is 48.5 Å². The first-order valence-corrected chi connectivity index (χ1v) is 8.98. The van der Waals surface area contributed by atoms with E-state index in [1.807, 2.05) is 0 Å². The zero-order valence-corrected chi connectivity index (χ0v) is 15.1. The predicted octanol–water partition coefficient (Wildman–Crippen LogP) is 4.36. The maximum Gasteiger partial charge on any atom is 0.276 e. The molecule has 0 aromatic heterocycles. The predicted molar refractivity (Wildman–Crippen MR) is 105 cm³/mol. The summed E-state index contributed by atoms with van der Waals surface area (Å²) < 4.78 is 13.8. The maximum absolute atomic E-state index is 13.8. The zero-order valence-electron chi connectivity index (χ0n) is 14.4. The Morgan fingerprint density at radius 1 is 0.929 bits per heavy atom. The molecule has 3 aromatic rings. The van der Waals surface area contributed by atoms with E-state index in [4.69, 9.17) is 11.6 Å². The van der Waals surface area contributed by atoms with E-state index in [0.29, 0.717) is 28.2 Å². The fraction of sp³-hybridized carbons (Fsp3) is 0.0476. The summed E-state index contributed by atoms with van der Waals surface area (Å²) in [5.74, 6) is -1.39. The highest BCUT2D eigenvalue weighted by Gasteiger charge is 2.57. The minimum Gasteiger partial charge on any atom is -0.350 e. The van der Waals surface area contributed by atoms with Crippen LogP contribution in [0.15, 0.2) is 66.7 Å². The van der Waals surface area contributed by atoms with Gasteiger partial charge in [0, 0.05) is 22.6 Å². The van der Waals surface area contributed by atoms with Gasteiger partial charge < -0.3 is 10.6 Å². The van der Waals surface area contributed by atoms with Crippen molar-refractivity contribution in [3.05, 3.63) is 88.7 Å². The van der Waals surface area contributed by atoms with Gasteiger partial charge in [0.1, 0.15) is 5.82 Å². The number of carbonyl (C=O) groups is 2. The average molecular weight is 394 g/mol. The lowest BCUT2D eigenvalue weighted by Crippen LogP contribution is -2.61. The Labute approximate surface area is 164 Å². The minimum absolute atomic E-state index is 0.133. The Morgan fingerprint density at radius 3 is 2.43 bits per heavy atom. The summed E-state index contributed by atoms with van der Waals surface area (Å²) in [5.41, 5.74) is 0.955. The molecule has 2 N–H and O–H groups in total.